The average molecular weight is 270 g/mol. The van der Waals surface area contributed by atoms with Gasteiger partial charge in [0, 0.05) is 12.7 Å². The Morgan fingerprint density at radius 2 is 2.00 bits per heavy atom. The minimum Gasteiger partial charge on any atom is -0.478 e. The van der Waals surface area contributed by atoms with Gasteiger partial charge in [0.15, 0.2) is 0 Å². The number of nitrogens with zero attached hydrogens (tertiary/aromatic N) is 1. The van der Waals surface area contributed by atoms with E-state index in [1.54, 1.807) is 36.5 Å². The van der Waals surface area contributed by atoms with Crippen LogP contribution in [0.2, 0.25) is 0 Å². The third kappa shape index (κ3) is 3.65. The summed E-state index contributed by atoms with van der Waals surface area (Å²) in [6, 6.07) is 11.8. The maximum absolute atomic E-state index is 11.7. The van der Waals surface area contributed by atoms with E-state index in [0.717, 1.165) is 5.56 Å². The van der Waals surface area contributed by atoms with E-state index in [1.165, 1.54) is 6.07 Å². The van der Waals surface area contributed by atoms with Crippen molar-refractivity contribution in [1.29, 1.82) is 0 Å². The molecule has 0 spiro atoms. The summed E-state index contributed by atoms with van der Waals surface area (Å²) in [7, 11) is 0. The number of nitrogens with one attached hydrogen (secondary N) is 1. The van der Waals surface area contributed by atoms with E-state index in [4.69, 9.17) is 5.11 Å². The summed E-state index contributed by atoms with van der Waals surface area (Å²) in [5.74, 6) is -1.19. The summed E-state index contributed by atoms with van der Waals surface area (Å²) in [4.78, 5) is 26.5. The van der Waals surface area contributed by atoms with Gasteiger partial charge in [0.1, 0.15) is 5.69 Å². The van der Waals surface area contributed by atoms with Crippen molar-refractivity contribution in [3.05, 3.63) is 65.5 Å². The minimum atomic E-state index is -0.954. The quantitative estimate of drug-likeness (QED) is 0.867. The smallest absolute Gasteiger partial charge is 0.335 e. The van der Waals surface area contributed by atoms with Crippen LogP contribution in [0.5, 0.6) is 0 Å². The van der Waals surface area contributed by atoms with Crippen LogP contribution in [0.15, 0.2) is 48.7 Å². The summed E-state index contributed by atoms with van der Waals surface area (Å²) < 4.78 is 0. The first-order valence-electron chi connectivity index (χ1n) is 6.18. The van der Waals surface area contributed by atoms with Crippen LogP contribution in [0.1, 0.15) is 26.4 Å². The molecule has 1 aromatic carbocycles. The topological polar surface area (TPSA) is 79.3 Å². The second-order valence-electron chi connectivity index (χ2n) is 4.23. The van der Waals surface area contributed by atoms with Crippen molar-refractivity contribution in [2.24, 2.45) is 0 Å². The number of rotatable bonds is 5. The number of carbonyl (C=O) groups is 2. The SMILES string of the molecule is O=C(O)c1cccc(CCNC(=O)c2ccccn2)c1. The first kappa shape index (κ1) is 13.7. The molecule has 1 heterocycles. The maximum atomic E-state index is 11.7. The number of aromatic carboxylic acids is 1. The zero-order chi connectivity index (χ0) is 14.4. The number of aromatic nitrogens is 1. The molecule has 0 saturated carbocycles. The molecule has 0 aliphatic heterocycles. The Kier molecular flexibility index (Phi) is 4.44. The molecule has 5 nitrogen and oxygen atoms in total. The maximum Gasteiger partial charge on any atom is 0.335 e. The van der Waals surface area contributed by atoms with Crippen molar-refractivity contribution < 1.29 is 14.7 Å². The predicted octanol–water partition coefficient (Wildman–Crippen LogP) is 1.75. The highest BCUT2D eigenvalue weighted by Gasteiger charge is 2.06. The third-order valence-electron chi connectivity index (χ3n) is 2.77. The number of amides is 1. The van der Waals surface area contributed by atoms with Crippen LogP contribution < -0.4 is 5.32 Å². The van der Waals surface area contributed by atoms with E-state index in [0.29, 0.717) is 18.7 Å². The summed E-state index contributed by atoms with van der Waals surface area (Å²) in [6.45, 7) is 0.429. The molecule has 0 saturated heterocycles. The van der Waals surface area contributed by atoms with Gasteiger partial charge in [-0.1, -0.05) is 18.2 Å². The molecule has 0 radical (unpaired) electrons. The lowest BCUT2D eigenvalue weighted by Gasteiger charge is -2.05. The first-order valence-corrected chi connectivity index (χ1v) is 6.18. The standard InChI is InChI=1S/C15H14N2O3/c18-14(13-6-1-2-8-16-13)17-9-7-11-4-3-5-12(10-11)15(19)20/h1-6,8,10H,7,9H2,(H,17,18)(H,19,20). The Bertz CT molecular complexity index is 612. The minimum absolute atomic E-state index is 0.236. The molecule has 0 bridgehead atoms. The van der Waals surface area contributed by atoms with Crippen molar-refractivity contribution in [3.8, 4) is 0 Å². The van der Waals surface area contributed by atoms with E-state index in [2.05, 4.69) is 10.3 Å². The van der Waals surface area contributed by atoms with E-state index >= 15 is 0 Å². The average Bonchev–Trinajstić information content (AvgIpc) is 2.48. The van der Waals surface area contributed by atoms with E-state index in [9.17, 15) is 9.59 Å². The normalized spacial score (nSPS) is 10.0. The number of carboxylic acid groups (broad SMARTS) is 1. The van der Waals surface area contributed by atoms with Gasteiger partial charge in [-0.25, -0.2) is 4.79 Å². The summed E-state index contributed by atoms with van der Waals surface area (Å²) in [5.41, 5.74) is 1.48. The molecule has 1 aromatic heterocycles. The zero-order valence-corrected chi connectivity index (χ0v) is 10.7. The van der Waals surface area contributed by atoms with Gasteiger partial charge >= 0.3 is 5.97 Å². The van der Waals surface area contributed by atoms with Gasteiger partial charge in [-0.05, 0) is 36.2 Å². The molecular weight excluding hydrogens is 256 g/mol. The van der Waals surface area contributed by atoms with Gasteiger partial charge in [0.2, 0.25) is 0 Å². The van der Waals surface area contributed by atoms with Crippen LogP contribution in [0, 0.1) is 0 Å². The first-order chi connectivity index (χ1) is 9.66. The van der Waals surface area contributed by atoms with Crippen molar-refractivity contribution in [2.45, 2.75) is 6.42 Å². The Balaban J connectivity index is 1.89. The molecule has 0 unspecified atom stereocenters. The Hall–Kier alpha value is -2.69. The Morgan fingerprint density at radius 1 is 1.15 bits per heavy atom. The Morgan fingerprint density at radius 3 is 2.70 bits per heavy atom. The molecule has 0 aliphatic rings. The van der Waals surface area contributed by atoms with Crippen LogP contribution in [-0.2, 0) is 6.42 Å². The summed E-state index contributed by atoms with van der Waals surface area (Å²) >= 11 is 0. The fraction of sp³-hybridized carbons (Fsp3) is 0.133. The molecule has 2 N–H and O–H groups in total. The second kappa shape index (κ2) is 6.47. The van der Waals surface area contributed by atoms with Crippen molar-refractivity contribution in [1.82, 2.24) is 10.3 Å². The van der Waals surface area contributed by atoms with Crippen LogP contribution in [0.4, 0.5) is 0 Å². The monoisotopic (exact) mass is 270 g/mol. The number of carboxylic acids is 1. The number of carbonyl (C=O) groups excluding carboxylic acids is 1. The van der Waals surface area contributed by atoms with Gasteiger partial charge < -0.3 is 10.4 Å². The van der Waals surface area contributed by atoms with Crippen molar-refractivity contribution in [3.63, 3.8) is 0 Å². The zero-order valence-electron chi connectivity index (χ0n) is 10.7. The third-order valence-corrected chi connectivity index (χ3v) is 2.77. The lowest BCUT2D eigenvalue weighted by atomic mass is 10.1. The van der Waals surface area contributed by atoms with Gasteiger partial charge in [-0.2, -0.15) is 0 Å². The second-order valence-corrected chi connectivity index (χ2v) is 4.23. The summed E-state index contributed by atoms with van der Waals surface area (Å²) in [6.07, 6.45) is 2.13. The molecule has 5 heteroatoms. The fourth-order valence-electron chi connectivity index (χ4n) is 1.77. The number of hydrogen-bond donors (Lipinski definition) is 2. The number of benzene rings is 1. The lowest BCUT2D eigenvalue weighted by Crippen LogP contribution is -2.26. The van der Waals surface area contributed by atoms with Crippen molar-refractivity contribution >= 4 is 11.9 Å². The fourth-order valence-corrected chi connectivity index (χ4v) is 1.77. The van der Waals surface area contributed by atoms with Gasteiger partial charge in [0.05, 0.1) is 5.56 Å². The lowest BCUT2D eigenvalue weighted by molar-refractivity contribution is 0.0696. The van der Waals surface area contributed by atoms with E-state index < -0.39 is 5.97 Å². The van der Waals surface area contributed by atoms with E-state index in [1.807, 2.05) is 6.07 Å². The molecular formula is C15H14N2O3. The molecule has 1 amide bonds. The molecule has 20 heavy (non-hydrogen) atoms. The summed E-state index contributed by atoms with van der Waals surface area (Å²) in [5, 5.41) is 11.6. The molecule has 0 fully saturated rings. The van der Waals surface area contributed by atoms with Gasteiger partial charge in [-0.15, -0.1) is 0 Å². The highest BCUT2D eigenvalue weighted by Crippen LogP contribution is 2.05. The highest BCUT2D eigenvalue weighted by molar-refractivity contribution is 5.92. The molecule has 2 aromatic rings. The van der Waals surface area contributed by atoms with Crippen LogP contribution in [0.25, 0.3) is 0 Å². The predicted molar refractivity (Wildman–Crippen MR) is 73.7 cm³/mol. The van der Waals surface area contributed by atoms with Crippen molar-refractivity contribution in [2.75, 3.05) is 6.54 Å². The largest absolute Gasteiger partial charge is 0.478 e. The highest BCUT2D eigenvalue weighted by atomic mass is 16.4. The molecule has 0 aliphatic carbocycles. The Labute approximate surface area is 116 Å². The van der Waals surface area contributed by atoms with Gasteiger partial charge in [-0.3, -0.25) is 9.78 Å². The van der Waals surface area contributed by atoms with Gasteiger partial charge in [0.25, 0.3) is 5.91 Å². The molecule has 0 atom stereocenters. The molecule has 102 valence electrons. The van der Waals surface area contributed by atoms with E-state index in [-0.39, 0.29) is 11.5 Å². The van der Waals surface area contributed by atoms with Crippen LogP contribution >= 0.6 is 0 Å². The molecule has 2 rings (SSSR count). The van der Waals surface area contributed by atoms with Crippen LogP contribution in [-0.4, -0.2) is 28.5 Å². The number of hydrogen-bond acceptors (Lipinski definition) is 3. The van der Waals surface area contributed by atoms with Crippen LogP contribution in [0.3, 0.4) is 0 Å². The number of pyridine rings is 1.